The third-order valence-electron chi connectivity index (χ3n) is 0. The first-order valence-corrected chi connectivity index (χ1v) is 5.27. The summed E-state index contributed by atoms with van der Waals surface area (Å²) in [6, 6.07) is 0. The fourth-order valence-corrected chi connectivity index (χ4v) is 0. The van der Waals surface area contributed by atoms with Crippen molar-refractivity contribution in [1.29, 1.82) is 0 Å². The third-order valence-corrected chi connectivity index (χ3v) is 0. The van der Waals surface area contributed by atoms with Gasteiger partial charge in [-0.2, -0.15) is 0 Å². The molecule has 10 heavy (non-hydrogen) atoms. The summed E-state index contributed by atoms with van der Waals surface area (Å²) in [4.78, 5) is 0. The van der Waals surface area contributed by atoms with Crippen molar-refractivity contribution in [3.05, 3.63) is 0 Å². The molecule has 0 rings (SSSR count). The van der Waals surface area contributed by atoms with Gasteiger partial charge < -0.3 is 0 Å². The van der Waals surface area contributed by atoms with Crippen LogP contribution in [0.1, 0.15) is 0 Å². The van der Waals surface area contributed by atoms with Crippen molar-refractivity contribution in [2.45, 2.75) is 0 Å². The SMILES string of the molecule is [O]=[V+2].[O]=[V](=[O])[O-].[O]=[V](=[O])[O-]. The second-order valence-electron chi connectivity index (χ2n) is 0.447. The Bertz CT molecular complexity index is 137. The predicted molar refractivity (Wildman–Crippen MR) is 3.43 cm³/mol. The molecule has 0 saturated heterocycles. The summed E-state index contributed by atoms with van der Waals surface area (Å²) in [5.41, 5.74) is 0. The Kier molecular flexibility index (Phi) is 27.7. The van der Waals surface area contributed by atoms with E-state index in [0.29, 0.717) is 0 Å². The second-order valence-corrected chi connectivity index (χ2v) is 1.84. The summed E-state index contributed by atoms with van der Waals surface area (Å²) in [7, 11) is 0. The summed E-state index contributed by atoms with van der Waals surface area (Å²) >= 11 is -6.81. The Morgan fingerprint density at radius 3 is 0.800 bits per heavy atom. The van der Waals surface area contributed by atoms with E-state index in [-0.39, 0.29) is 0 Å². The van der Waals surface area contributed by atoms with Gasteiger partial charge in [0.2, 0.25) is 0 Å². The molecule has 0 aliphatic heterocycles. The fraction of sp³-hybridized carbons (Fsp3) is 0. The van der Waals surface area contributed by atoms with Crippen LogP contribution in [-0.2, 0) is 66.5 Å². The summed E-state index contributed by atoms with van der Waals surface area (Å²) in [5.74, 6) is 0. The van der Waals surface area contributed by atoms with E-state index in [4.69, 9.17) is 26.4 Å². The van der Waals surface area contributed by atoms with Crippen LogP contribution in [0.25, 0.3) is 0 Å². The van der Waals surface area contributed by atoms with Gasteiger partial charge in [-0.3, -0.25) is 0 Å². The van der Waals surface area contributed by atoms with Crippen molar-refractivity contribution in [3.63, 3.8) is 0 Å². The Hall–Kier alpha value is 0.673. The molecule has 0 unspecified atom stereocenters. The molecule has 0 aromatic carbocycles. The van der Waals surface area contributed by atoms with Crippen molar-refractivity contribution < 1.29 is 74.6 Å². The molecule has 10 heteroatoms. The molecule has 57 valence electrons. The predicted octanol–water partition coefficient (Wildman–Crippen LogP) is -2.98. The van der Waals surface area contributed by atoms with Crippen LogP contribution in [0.4, 0.5) is 0 Å². The number of hydrogen-bond acceptors (Lipinski definition) is 7. The Balaban J connectivity index is -0.0000000787. The molecule has 0 radical (unpaired) electrons. The van der Waals surface area contributed by atoms with Gasteiger partial charge in [0.1, 0.15) is 0 Å². The van der Waals surface area contributed by atoms with Crippen LogP contribution in [0, 0.1) is 0 Å². The van der Waals surface area contributed by atoms with Crippen LogP contribution in [0.3, 0.4) is 0 Å². The van der Waals surface area contributed by atoms with Gasteiger partial charge in [0, 0.05) is 0 Å². The van der Waals surface area contributed by atoms with Crippen molar-refractivity contribution >= 4 is 0 Å². The summed E-state index contributed by atoms with van der Waals surface area (Å²) in [6.07, 6.45) is 0. The monoisotopic (exact) mass is 265 g/mol. The first-order chi connectivity index (χ1) is 4.46. The standard InChI is InChI=1S/7O.3V/q;;;;;2*-1;;;+2. The minimum atomic E-state index is -3.94. The quantitative estimate of drug-likeness (QED) is 0.456. The first-order valence-electron chi connectivity index (χ1n) is 1.28. The number of hydrogen-bond donors (Lipinski definition) is 0. The van der Waals surface area contributed by atoms with E-state index < -0.39 is 30.8 Å². The van der Waals surface area contributed by atoms with Gasteiger partial charge in [-0.05, 0) is 0 Å². The maximum atomic E-state index is 8.56. The first kappa shape index (κ1) is 17.0. The van der Waals surface area contributed by atoms with Crippen LogP contribution in [-0.4, -0.2) is 0 Å². The molecule has 0 atom stereocenters. The zero-order valence-corrected chi connectivity index (χ0v) is 8.39. The summed E-state index contributed by atoms with van der Waals surface area (Å²) in [6.45, 7) is 0. The molecule has 0 heterocycles. The van der Waals surface area contributed by atoms with Crippen molar-refractivity contribution in [2.24, 2.45) is 0 Å². The fourth-order valence-electron chi connectivity index (χ4n) is 0. The van der Waals surface area contributed by atoms with Crippen molar-refractivity contribution in [3.8, 4) is 0 Å². The van der Waals surface area contributed by atoms with Gasteiger partial charge in [-0.1, -0.05) is 0 Å². The molecule has 0 aliphatic carbocycles. The van der Waals surface area contributed by atoms with E-state index >= 15 is 0 Å². The Morgan fingerprint density at radius 1 is 0.800 bits per heavy atom. The Morgan fingerprint density at radius 2 is 0.800 bits per heavy atom. The molecule has 0 spiro atoms. The van der Waals surface area contributed by atoms with Crippen molar-refractivity contribution in [1.82, 2.24) is 0 Å². The zero-order valence-electron chi connectivity index (χ0n) is 4.20. The molecule has 0 saturated carbocycles. The van der Waals surface area contributed by atoms with Gasteiger partial charge in [0.25, 0.3) is 0 Å². The second kappa shape index (κ2) is 16.3. The van der Waals surface area contributed by atoms with Crippen molar-refractivity contribution in [2.75, 3.05) is 0 Å². The van der Waals surface area contributed by atoms with Crippen LogP contribution < -0.4 is 8.06 Å². The molecular weight excluding hydrogens is 265 g/mol. The third kappa shape index (κ3) is 1130. The van der Waals surface area contributed by atoms with Crippen LogP contribution in [0.15, 0.2) is 0 Å². The molecule has 0 aromatic rings. The Labute approximate surface area is 74.4 Å². The molecule has 0 bridgehead atoms. The average molecular weight is 265 g/mol. The molecule has 0 aromatic heterocycles. The zero-order chi connectivity index (χ0) is 9.15. The molecule has 0 N–H and O–H groups in total. The van der Waals surface area contributed by atoms with Crippen LogP contribution in [0.2, 0.25) is 0 Å². The summed E-state index contributed by atoms with van der Waals surface area (Å²) in [5, 5.41) is 0. The van der Waals surface area contributed by atoms with Crippen LogP contribution >= 0.6 is 0 Å². The van der Waals surface area contributed by atoms with Gasteiger partial charge in [-0.15, -0.1) is 0 Å². The molecule has 0 amide bonds. The van der Waals surface area contributed by atoms with E-state index in [1.165, 1.54) is 0 Å². The molecule has 0 aliphatic rings. The summed E-state index contributed by atoms with van der Waals surface area (Å²) < 4.78 is 59.6. The van der Waals surface area contributed by atoms with Gasteiger partial charge in [0.15, 0.2) is 0 Å². The van der Waals surface area contributed by atoms with E-state index in [1.54, 1.807) is 0 Å². The van der Waals surface area contributed by atoms with Gasteiger partial charge >= 0.3 is 74.6 Å². The minimum absolute atomic E-state index is 1.06. The van der Waals surface area contributed by atoms with Crippen LogP contribution in [0.5, 0.6) is 0 Å². The molecular formula is O7V3. The topological polar surface area (TPSA) is 131 Å². The maximum absolute atomic E-state index is 8.56. The van der Waals surface area contributed by atoms with E-state index in [9.17, 15) is 0 Å². The van der Waals surface area contributed by atoms with E-state index in [2.05, 4.69) is 0 Å². The number of rotatable bonds is 0. The molecule has 0 fully saturated rings. The molecule has 7 nitrogen and oxygen atoms in total. The van der Waals surface area contributed by atoms with Gasteiger partial charge in [0.05, 0.1) is 0 Å². The average Bonchev–Trinajstić information content (AvgIpc) is 1.66. The van der Waals surface area contributed by atoms with E-state index in [0.717, 1.165) is 17.4 Å². The van der Waals surface area contributed by atoms with E-state index in [1.807, 2.05) is 0 Å². The normalized spacial score (nSPS) is 5.60. The van der Waals surface area contributed by atoms with Gasteiger partial charge in [-0.25, -0.2) is 0 Å².